The van der Waals surface area contributed by atoms with Crippen molar-refractivity contribution in [3.05, 3.63) is 30.3 Å². The SMILES string of the molecule is CC(C)COC(=O)[C@H](C)NC(=O)CN(C(=O)CC(C)C)c1ccccc1. The number of anilines is 1. The molecular weight excluding hydrogens is 332 g/mol. The molecule has 2 amide bonds. The highest BCUT2D eigenvalue weighted by Gasteiger charge is 2.23. The summed E-state index contributed by atoms with van der Waals surface area (Å²) in [6, 6.07) is 8.28. The lowest BCUT2D eigenvalue weighted by Crippen LogP contribution is -2.46. The standard InChI is InChI=1S/C20H30N2O4/c1-14(2)11-19(24)22(17-9-7-6-8-10-17)12-18(23)21-16(5)20(25)26-13-15(3)4/h6-10,14-16H,11-13H2,1-5H3,(H,21,23)/t16-/m0/s1. The number of nitrogens with one attached hydrogen (secondary N) is 1. The zero-order valence-electron chi connectivity index (χ0n) is 16.3. The first-order chi connectivity index (χ1) is 12.2. The summed E-state index contributed by atoms with van der Waals surface area (Å²) in [5.74, 6) is -0.603. The molecule has 1 atom stereocenters. The van der Waals surface area contributed by atoms with Gasteiger partial charge in [0.1, 0.15) is 12.6 Å². The number of hydrogen-bond donors (Lipinski definition) is 1. The first-order valence-electron chi connectivity index (χ1n) is 9.02. The van der Waals surface area contributed by atoms with Crippen LogP contribution in [0.2, 0.25) is 0 Å². The van der Waals surface area contributed by atoms with Crippen molar-refractivity contribution in [1.82, 2.24) is 5.32 Å². The molecule has 1 rings (SSSR count). The molecule has 0 bridgehead atoms. The number of rotatable bonds is 9. The van der Waals surface area contributed by atoms with E-state index in [1.165, 1.54) is 4.90 Å². The molecular formula is C20H30N2O4. The maximum atomic E-state index is 12.5. The van der Waals surface area contributed by atoms with Gasteiger partial charge in [0.25, 0.3) is 0 Å². The highest BCUT2D eigenvalue weighted by atomic mass is 16.5. The summed E-state index contributed by atoms with van der Waals surface area (Å²) < 4.78 is 5.12. The average molecular weight is 362 g/mol. The fourth-order valence-corrected chi connectivity index (χ4v) is 2.25. The molecule has 0 spiro atoms. The van der Waals surface area contributed by atoms with E-state index in [2.05, 4.69) is 5.32 Å². The van der Waals surface area contributed by atoms with E-state index in [0.717, 1.165) is 0 Å². The predicted molar refractivity (Wildman–Crippen MR) is 102 cm³/mol. The molecule has 1 aromatic carbocycles. The second-order valence-electron chi connectivity index (χ2n) is 7.23. The molecule has 26 heavy (non-hydrogen) atoms. The first-order valence-corrected chi connectivity index (χ1v) is 9.02. The third-order valence-electron chi connectivity index (χ3n) is 3.54. The molecule has 0 saturated carbocycles. The van der Waals surface area contributed by atoms with E-state index >= 15 is 0 Å². The smallest absolute Gasteiger partial charge is 0.328 e. The minimum absolute atomic E-state index is 0.128. The van der Waals surface area contributed by atoms with E-state index in [9.17, 15) is 14.4 Å². The Hall–Kier alpha value is -2.37. The lowest BCUT2D eigenvalue weighted by molar-refractivity contribution is -0.148. The van der Waals surface area contributed by atoms with Gasteiger partial charge in [-0.05, 0) is 30.9 Å². The molecule has 6 nitrogen and oxygen atoms in total. The molecule has 0 aromatic heterocycles. The average Bonchev–Trinajstić information content (AvgIpc) is 2.57. The molecule has 1 N–H and O–H groups in total. The Labute approximate surface area is 155 Å². The summed E-state index contributed by atoms with van der Waals surface area (Å²) in [4.78, 5) is 38.2. The molecule has 0 unspecified atom stereocenters. The quantitative estimate of drug-likeness (QED) is 0.686. The van der Waals surface area contributed by atoms with Crippen molar-refractivity contribution in [2.45, 2.75) is 47.1 Å². The topological polar surface area (TPSA) is 75.7 Å². The van der Waals surface area contributed by atoms with Gasteiger partial charge in [0.2, 0.25) is 11.8 Å². The Morgan fingerprint density at radius 2 is 1.62 bits per heavy atom. The fraction of sp³-hybridized carbons (Fsp3) is 0.550. The van der Waals surface area contributed by atoms with Crippen molar-refractivity contribution in [3.8, 4) is 0 Å². The van der Waals surface area contributed by atoms with E-state index < -0.39 is 17.9 Å². The van der Waals surface area contributed by atoms with Gasteiger partial charge < -0.3 is 15.0 Å². The normalized spacial score (nSPS) is 12.0. The van der Waals surface area contributed by atoms with Crippen LogP contribution < -0.4 is 10.2 Å². The van der Waals surface area contributed by atoms with E-state index in [1.54, 1.807) is 19.1 Å². The first kappa shape index (κ1) is 21.7. The Balaban J connectivity index is 2.73. The molecule has 1 aromatic rings. The number of ether oxygens (including phenoxy) is 1. The minimum Gasteiger partial charge on any atom is -0.464 e. The third kappa shape index (κ3) is 7.68. The van der Waals surface area contributed by atoms with Crippen molar-refractivity contribution in [2.24, 2.45) is 11.8 Å². The summed E-state index contributed by atoms with van der Waals surface area (Å²) in [6.45, 7) is 9.52. The summed E-state index contributed by atoms with van der Waals surface area (Å²) in [5.41, 5.74) is 0.656. The Morgan fingerprint density at radius 3 is 2.15 bits per heavy atom. The monoisotopic (exact) mass is 362 g/mol. The molecule has 0 heterocycles. The second-order valence-corrected chi connectivity index (χ2v) is 7.23. The van der Waals surface area contributed by atoms with E-state index in [-0.39, 0.29) is 24.3 Å². The molecule has 0 saturated heterocycles. The van der Waals surface area contributed by atoms with Crippen LogP contribution in [-0.2, 0) is 19.1 Å². The van der Waals surface area contributed by atoms with Crippen LogP contribution in [0.25, 0.3) is 0 Å². The molecule has 6 heteroatoms. The van der Waals surface area contributed by atoms with Crippen LogP contribution in [0.15, 0.2) is 30.3 Å². The van der Waals surface area contributed by atoms with Crippen LogP contribution in [0.5, 0.6) is 0 Å². The van der Waals surface area contributed by atoms with Crippen LogP contribution in [0, 0.1) is 11.8 Å². The van der Waals surface area contributed by atoms with E-state index in [4.69, 9.17) is 4.74 Å². The van der Waals surface area contributed by atoms with Crippen molar-refractivity contribution in [2.75, 3.05) is 18.1 Å². The van der Waals surface area contributed by atoms with Crippen molar-refractivity contribution in [3.63, 3.8) is 0 Å². The third-order valence-corrected chi connectivity index (χ3v) is 3.54. The minimum atomic E-state index is -0.765. The molecule has 0 radical (unpaired) electrons. The number of benzene rings is 1. The van der Waals surface area contributed by atoms with Crippen LogP contribution >= 0.6 is 0 Å². The van der Waals surface area contributed by atoms with Gasteiger partial charge in [-0.25, -0.2) is 4.79 Å². The van der Waals surface area contributed by atoms with Gasteiger partial charge in [0, 0.05) is 12.1 Å². The fourth-order valence-electron chi connectivity index (χ4n) is 2.25. The van der Waals surface area contributed by atoms with Crippen LogP contribution in [-0.4, -0.2) is 37.0 Å². The molecule has 144 valence electrons. The number of para-hydroxylation sites is 1. The van der Waals surface area contributed by atoms with Crippen molar-refractivity contribution in [1.29, 1.82) is 0 Å². The van der Waals surface area contributed by atoms with Crippen LogP contribution in [0.4, 0.5) is 5.69 Å². The highest BCUT2D eigenvalue weighted by molar-refractivity contribution is 5.99. The maximum absolute atomic E-state index is 12.5. The van der Waals surface area contributed by atoms with Crippen LogP contribution in [0.3, 0.4) is 0 Å². The highest BCUT2D eigenvalue weighted by Crippen LogP contribution is 2.16. The molecule has 0 aliphatic heterocycles. The Kier molecular flexibility index (Phi) is 8.82. The number of nitrogens with zero attached hydrogens (tertiary/aromatic N) is 1. The molecule has 0 aliphatic rings. The molecule has 0 fully saturated rings. The molecule has 0 aliphatic carbocycles. The van der Waals surface area contributed by atoms with E-state index in [0.29, 0.717) is 18.7 Å². The summed E-state index contributed by atoms with van der Waals surface area (Å²) in [5, 5.41) is 2.60. The second kappa shape index (κ2) is 10.6. The zero-order valence-corrected chi connectivity index (χ0v) is 16.3. The van der Waals surface area contributed by atoms with Crippen molar-refractivity contribution < 1.29 is 19.1 Å². The van der Waals surface area contributed by atoms with Gasteiger partial charge in [-0.2, -0.15) is 0 Å². The summed E-state index contributed by atoms with van der Waals surface area (Å²) in [7, 11) is 0. The number of carbonyl (C=O) groups is 3. The Morgan fingerprint density at radius 1 is 1.00 bits per heavy atom. The van der Waals surface area contributed by atoms with E-state index in [1.807, 2.05) is 45.9 Å². The van der Waals surface area contributed by atoms with Crippen LogP contribution in [0.1, 0.15) is 41.0 Å². The summed E-state index contributed by atoms with van der Waals surface area (Å²) in [6.07, 6.45) is 0.341. The van der Waals surface area contributed by atoms with Gasteiger partial charge in [0.05, 0.1) is 6.61 Å². The lowest BCUT2D eigenvalue weighted by atomic mass is 10.1. The van der Waals surface area contributed by atoms with Gasteiger partial charge in [-0.15, -0.1) is 0 Å². The number of carbonyl (C=O) groups excluding carboxylic acids is 3. The zero-order chi connectivity index (χ0) is 19.7. The predicted octanol–water partition coefficient (Wildman–Crippen LogP) is 2.77. The van der Waals surface area contributed by atoms with Gasteiger partial charge in [-0.1, -0.05) is 45.9 Å². The summed E-state index contributed by atoms with van der Waals surface area (Å²) >= 11 is 0. The van der Waals surface area contributed by atoms with Gasteiger partial charge in [0.15, 0.2) is 0 Å². The maximum Gasteiger partial charge on any atom is 0.328 e. The lowest BCUT2D eigenvalue weighted by Gasteiger charge is -2.24. The van der Waals surface area contributed by atoms with Gasteiger partial charge >= 0.3 is 5.97 Å². The Bertz CT molecular complexity index is 599. The number of hydrogen-bond acceptors (Lipinski definition) is 4. The largest absolute Gasteiger partial charge is 0.464 e. The van der Waals surface area contributed by atoms with Gasteiger partial charge in [-0.3, -0.25) is 9.59 Å². The van der Waals surface area contributed by atoms with Crippen molar-refractivity contribution >= 4 is 23.5 Å². The number of esters is 1. The number of amides is 2.